The Bertz CT molecular complexity index is 1250. The molecule has 0 saturated heterocycles. The van der Waals surface area contributed by atoms with Crippen LogP contribution in [0.1, 0.15) is 26.3 Å². The van der Waals surface area contributed by atoms with Crippen LogP contribution in [0.2, 0.25) is 5.02 Å². The van der Waals surface area contributed by atoms with Gasteiger partial charge in [0.15, 0.2) is 17.3 Å². The molecule has 0 aromatic heterocycles. The van der Waals surface area contributed by atoms with Crippen LogP contribution in [0.5, 0.6) is 28.7 Å². The maximum Gasteiger partial charge on any atom is 0.343 e. The van der Waals surface area contributed by atoms with Gasteiger partial charge in [-0.3, -0.25) is 4.79 Å². The lowest BCUT2D eigenvalue weighted by Crippen LogP contribution is -2.09. The van der Waals surface area contributed by atoms with Crippen LogP contribution >= 0.6 is 11.6 Å². The zero-order valence-corrected chi connectivity index (χ0v) is 18.8. The highest BCUT2D eigenvalue weighted by Crippen LogP contribution is 2.39. The molecule has 0 spiro atoms. The third-order valence-corrected chi connectivity index (χ3v) is 5.29. The molecule has 0 radical (unpaired) electrons. The molecule has 3 aromatic carbocycles. The lowest BCUT2D eigenvalue weighted by molar-refractivity contribution is 0.0733. The maximum atomic E-state index is 12.7. The SMILES string of the molecule is COc1cc(C(=O)Oc2ccc3c(c2)OC(=Cc2ccccc2Cl)C3=O)cc(OC)c1OC. The first-order valence-corrected chi connectivity index (χ1v) is 10.2. The van der Waals surface area contributed by atoms with Gasteiger partial charge < -0.3 is 23.7 Å². The van der Waals surface area contributed by atoms with Crippen LogP contribution in [-0.2, 0) is 0 Å². The van der Waals surface area contributed by atoms with Crippen molar-refractivity contribution in [2.24, 2.45) is 0 Å². The van der Waals surface area contributed by atoms with Crippen molar-refractivity contribution in [3.05, 3.63) is 82.1 Å². The molecule has 4 rings (SSSR count). The number of ketones is 1. The normalized spacial score (nSPS) is 13.3. The summed E-state index contributed by atoms with van der Waals surface area (Å²) in [6, 6.07) is 14.6. The molecule has 7 nitrogen and oxygen atoms in total. The summed E-state index contributed by atoms with van der Waals surface area (Å²) in [6.45, 7) is 0. The largest absolute Gasteiger partial charge is 0.493 e. The smallest absolute Gasteiger partial charge is 0.343 e. The van der Waals surface area contributed by atoms with E-state index < -0.39 is 5.97 Å². The molecule has 0 unspecified atom stereocenters. The average molecular weight is 467 g/mol. The van der Waals surface area contributed by atoms with Crippen molar-refractivity contribution in [2.75, 3.05) is 21.3 Å². The number of hydrogen-bond donors (Lipinski definition) is 0. The number of allylic oxidation sites excluding steroid dienone is 1. The van der Waals surface area contributed by atoms with Crippen molar-refractivity contribution in [3.8, 4) is 28.7 Å². The maximum absolute atomic E-state index is 12.7. The predicted octanol–water partition coefficient (Wildman–Crippen LogP) is 5.20. The monoisotopic (exact) mass is 466 g/mol. The van der Waals surface area contributed by atoms with Crippen LogP contribution in [0.4, 0.5) is 0 Å². The molecular formula is C25H19ClO7. The first-order valence-electron chi connectivity index (χ1n) is 9.80. The minimum Gasteiger partial charge on any atom is -0.493 e. The molecule has 0 saturated carbocycles. The number of esters is 1. The highest BCUT2D eigenvalue weighted by atomic mass is 35.5. The van der Waals surface area contributed by atoms with Gasteiger partial charge in [-0.05, 0) is 42.0 Å². The van der Waals surface area contributed by atoms with E-state index >= 15 is 0 Å². The van der Waals surface area contributed by atoms with E-state index in [1.807, 2.05) is 6.07 Å². The van der Waals surface area contributed by atoms with E-state index in [1.54, 1.807) is 30.3 Å². The molecule has 0 amide bonds. The van der Waals surface area contributed by atoms with E-state index in [4.69, 9.17) is 35.3 Å². The average Bonchev–Trinajstić information content (AvgIpc) is 3.13. The van der Waals surface area contributed by atoms with E-state index in [2.05, 4.69) is 0 Å². The number of fused-ring (bicyclic) bond motifs is 1. The molecule has 8 heteroatoms. The summed E-state index contributed by atoms with van der Waals surface area (Å²) in [7, 11) is 4.38. The lowest BCUT2D eigenvalue weighted by atomic mass is 10.1. The van der Waals surface area contributed by atoms with Crippen LogP contribution in [0.3, 0.4) is 0 Å². The van der Waals surface area contributed by atoms with Crippen molar-refractivity contribution in [3.63, 3.8) is 0 Å². The summed E-state index contributed by atoms with van der Waals surface area (Å²) >= 11 is 6.17. The van der Waals surface area contributed by atoms with Crippen LogP contribution < -0.4 is 23.7 Å². The molecule has 0 bridgehead atoms. The van der Waals surface area contributed by atoms with Crippen molar-refractivity contribution in [1.82, 2.24) is 0 Å². The van der Waals surface area contributed by atoms with E-state index in [9.17, 15) is 9.59 Å². The summed E-state index contributed by atoms with van der Waals surface area (Å²) in [5.74, 6) is 0.692. The van der Waals surface area contributed by atoms with Gasteiger partial charge in [0.25, 0.3) is 0 Å². The molecule has 0 aliphatic carbocycles. The van der Waals surface area contributed by atoms with Crippen molar-refractivity contribution in [1.29, 1.82) is 0 Å². The van der Waals surface area contributed by atoms with Crippen LogP contribution in [0.25, 0.3) is 6.08 Å². The van der Waals surface area contributed by atoms with Crippen LogP contribution in [0, 0.1) is 0 Å². The number of halogens is 1. The Morgan fingerprint density at radius 2 is 1.64 bits per heavy atom. The summed E-state index contributed by atoms with van der Waals surface area (Å²) in [4.78, 5) is 25.4. The van der Waals surface area contributed by atoms with Gasteiger partial charge in [-0.15, -0.1) is 0 Å². The van der Waals surface area contributed by atoms with Crippen molar-refractivity contribution >= 4 is 29.4 Å². The van der Waals surface area contributed by atoms with E-state index in [-0.39, 0.29) is 28.6 Å². The highest BCUT2D eigenvalue weighted by Gasteiger charge is 2.28. The molecule has 168 valence electrons. The lowest BCUT2D eigenvalue weighted by Gasteiger charge is -2.13. The molecule has 1 aliphatic heterocycles. The van der Waals surface area contributed by atoms with Gasteiger partial charge in [0.2, 0.25) is 11.5 Å². The summed E-state index contributed by atoms with van der Waals surface area (Å²) < 4.78 is 27.0. The number of Topliss-reactive ketones (excluding diaryl/α,β-unsaturated/α-hetero) is 1. The van der Waals surface area contributed by atoms with Crippen LogP contribution in [0.15, 0.2) is 60.4 Å². The highest BCUT2D eigenvalue weighted by molar-refractivity contribution is 6.32. The van der Waals surface area contributed by atoms with Gasteiger partial charge in [0.05, 0.1) is 32.5 Å². The Labute approximate surface area is 195 Å². The molecule has 33 heavy (non-hydrogen) atoms. The molecule has 1 heterocycles. The predicted molar refractivity (Wildman–Crippen MR) is 122 cm³/mol. The Kier molecular flexibility index (Phi) is 6.24. The first kappa shape index (κ1) is 22.2. The van der Waals surface area contributed by atoms with Crippen molar-refractivity contribution in [2.45, 2.75) is 0 Å². The van der Waals surface area contributed by atoms with Gasteiger partial charge in [0.1, 0.15) is 11.5 Å². The zero-order valence-electron chi connectivity index (χ0n) is 18.0. The van der Waals surface area contributed by atoms with Gasteiger partial charge in [-0.2, -0.15) is 0 Å². The fraction of sp³-hybridized carbons (Fsp3) is 0.120. The summed E-state index contributed by atoms with van der Waals surface area (Å²) in [5.41, 5.74) is 1.21. The Morgan fingerprint density at radius 1 is 0.939 bits per heavy atom. The number of methoxy groups -OCH3 is 3. The summed E-state index contributed by atoms with van der Waals surface area (Å²) in [6.07, 6.45) is 1.58. The first-order chi connectivity index (χ1) is 15.9. The van der Waals surface area contributed by atoms with Gasteiger partial charge in [0, 0.05) is 11.1 Å². The second-order valence-electron chi connectivity index (χ2n) is 6.92. The standard InChI is InChI=1S/C25H19ClO7/c1-29-21-11-15(12-22(30-2)24(21)31-3)25(28)32-16-8-9-17-19(13-16)33-20(23(17)27)10-14-6-4-5-7-18(14)26/h4-13H,1-3H3. The van der Waals surface area contributed by atoms with E-state index in [1.165, 1.54) is 45.6 Å². The summed E-state index contributed by atoms with van der Waals surface area (Å²) in [5, 5.41) is 0.498. The number of carbonyl (C=O) groups excluding carboxylic acids is 2. The second-order valence-corrected chi connectivity index (χ2v) is 7.33. The fourth-order valence-corrected chi connectivity index (χ4v) is 3.52. The van der Waals surface area contributed by atoms with E-state index in [0.29, 0.717) is 33.4 Å². The molecule has 3 aromatic rings. The van der Waals surface area contributed by atoms with E-state index in [0.717, 1.165) is 0 Å². The molecule has 1 aliphatic rings. The number of benzene rings is 3. The van der Waals surface area contributed by atoms with Gasteiger partial charge in [-0.1, -0.05) is 29.8 Å². The van der Waals surface area contributed by atoms with Crippen molar-refractivity contribution < 1.29 is 33.3 Å². The minimum atomic E-state index is -0.648. The second kappa shape index (κ2) is 9.26. The quantitative estimate of drug-likeness (QED) is 0.280. The Morgan fingerprint density at radius 3 is 2.27 bits per heavy atom. The Hall–Kier alpha value is -3.97. The number of rotatable bonds is 6. The molecule has 0 fully saturated rings. The number of hydrogen-bond acceptors (Lipinski definition) is 7. The van der Waals surface area contributed by atoms with Gasteiger partial charge in [-0.25, -0.2) is 4.79 Å². The Balaban J connectivity index is 1.58. The number of ether oxygens (including phenoxy) is 5. The molecule has 0 atom stereocenters. The molecule has 0 N–H and O–H groups in total. The third-order valence-electron chi connectivity index (χ3n) is 4.94. The zero-order chi connectivity index (χ0) is 23.5. The topological polar surface area (TPSA) is 80.3 Å². The minimum absolute atomic E-state index is 0.131. The fourth-order valence-electron chi connectivity index (χ4n) is 3.33. The number of carbonyl (C=O) groups is 2. The van der Waals surface area contributed by atoms with Crippen LogP contribution in [-0.4, -0.2) is 33.1 Å². The molecular weight excluding hydrogens is 448 g/mol. The third kappa shape index (κ3) is 4.36. The van der Waals surface area contributed by atoms with Gasteiger partial charge >= 0.3 is 5.97 Å².